The van der Waals surface area contributed by atoms with Crippen LogP contribution >= 0.6 is 0 Å². The van der Waals surface area contributed by atoms with Crippen LogP contribution in [0.2, 0.25) is 0 Å². The van der Waals surface area contributed by atoms with Crippen molar-refractivity contribution in [1.82, 2.24) is 4.90 Å². The predicted octanol–water partition coefficient (Wildman–Crippen LogP) is 2.42. The topological polar surface area (TPSA) is 55.6 Å². The van der Waals surface area contributed by atoms with Crippen molar-refractivity contribution >= 4 is 5.91 Å². The molecule has 0 radical (unpaired) electrons. The zero-order chi connectivity index (χ0) is 15.2. The van der Waals surface area contributed by atoms with E-state index in [9.17, 15) is 4.79 Å². The third kappa shape index (κ3) is 5.41. The molecule has 0 spiro atoms. The summed E-state index contributed by atoms with van der Waals surface area (Å²) in [5.74, 6) is 0.0662. The Morgan fingerprint density at radius 2 is 1.85 bits per heavy atom. The largest absolute Gasteiger partial charge is 0.380 e. The first-order valence-corrected chi connectivity index (χ1v) is 7.93. The lowest BCUT2D eigenvalue weighted by atomic mass is 9.83. The molecule has 0 aromatic heterocycles. The van der Waals surface area contributed by atoms with E-state index in [4.69, 9.17) is 10.5 Å². The molecule has 0 aromatic carbocycles. The first-order chi connectivity index (χ1) is 9.36. The van der Waals surface area contributed by atoms with Crippen LogP contribution in [0.25, 0.3) is 0 Å². The van der Waals surface area contributed by atoms with Crippen LogP contribution in [0, 0.1) is 11.3 Å². The van der Waals surface area contributed by atoms with Gasteiger partial charge in [-0.25, -0.2) is 0 Å². The number of hydrogen-bond acceptors (Lipinski definition) is 3. The number of primary amides is 1. The molecular weight excluding hydrogens is 252 g/mol. The zero-order valence-corrected chi connectivity index (χ0v) is 13.7. The maximum absolute atomic E-state index is 11.4. The molecule has 1 heterocycles. The van der Waals surface area contributed by atoms with Crippen molar-refractivity contribution < 1.29 is 9.53 Å². The standard InChI is InChI=1S/C16H32N2O2/c1-13(2)14(15(17)19)18(4)10-8-6-5-7-9-16(3)11-20-12-16/h13-14H,5-12H2,1-4H3,(H2,17,19). The average molecular weight is 284 g/mol. The van der Waals surface area contributed by atoms with Crippen molar-refractivity contribution in [2.45, 2.75) is 58.9 Å². The number of nitrogens with two attached hydrogens (primary N) is 1. The Balaban J connectivity index is 2.09. The van der Waals surface area contributed by atoms with E-state index in [0.717, 1.165) is 26.2 Å². The number of ether oxygens (including phenoxy) is 1. The Kier molecular flexibility index (Phi) is 6.96. The normalized spacial score (nSPS) is 19.1. The van der Waals surface area contributed by atoms with Crippen LogP contribution in [0.1, 0.15) is 52.9 Å². The van der Waals surface area contributed by atoms with Gasteiger partial charge >= 0.3 is 0 Å². The van der Waals surface area contributed by atoms with Crippen LogP contribution in [0.15, 0.2) is 0 Å². The number of amides is 1. The second-order valence-electron chi connectivity index (χ2n) is 7.04. The van der Waals surface area contributed by atoms with Gasteiger partial charge in [0.05, 0.1) is 19.3 Å². The van der Waals surface area contributed by atoms with Gasteiger partial charge in [-0.05, 0) is 32.4 Å². The highest BCUT2D eigenvalue weighted by atomic mass is 16.5. The molecule has 4 nitrogen and oxygen atoms in total. The van der Waals surface area contributed by atoms with E-state index in [-0.39, 0.29) is 17.9 Å². The second-order valence-corrected chi connectivity index (χ2v) is 7.04. The third-order valence-electron chi connectivity index (χ3n) is 4.34. The molecule has 0 saturated carbocycles. The van der Waals surface area contributed by atoms with Crippen molar-refractivity contribution in [3.63, 3.8) is 0 Å². The predicted molar refractivity (Wildman–Crippen MR) is 82.5 cm³/mol. The van der Waals surface area contributed by atoms with E-state index >= 15 is 0 Å². The van der Waals surface area contributed by atoms with Gasteiger partial charge < -0.3 is 10.5 Å². The SMILES string of the molecule is CC(C)C(C(N)=O)N(C)CCCCCCC1(C)COC1. The summed E-state index contributed by atoms with van der Waals surface area (Å²) < 4.78 is 5.27. The fourth-order valence-electron chi connectivity index (χ4n) is 3.06. The third-order valence-corrected chi connectivity index (χ3v) is 4.34. The van der Waals surface area contributed by atoms with Crippen LogP contribution < -0.4 is 5.73 Å². The Morgan fingerprint density at radius 1 is 1.25 bits per heavy atom. The van der Waals surface area contributed by atoms with Crippen LogP contribution in [0.5, 0.6) is 0 Å². The van der Waals surface area contributed by atoms with Gasteiger partial charge in [-0.15, -0.1) is 0 Å². The molecule has 1 unspecified atom stereocenters. The molecule has 2 N–H and O–H groups in total. The van der Waals surface area contributed by atoms with E-state index in [1.54, 1.807) is 0 Å². The molecule has 1 fully saturated rings. The van der Waals surface area contributed by atoms with Crippen molar-refractivity contribution in [3.8, 4) is 0 Å². The van der Waals surface area contributed by atoms with Crippen molar-refractivity contribution in [2.75, 3.05) is 26.8 Å². The number of likely N-dealkylation sites (N-methyl/N-ethyl adjacent to an activating group) is 1. The summed E-state index contributed by atoms with van der Waals surface area (Å²) in [6.45, 7) is 9.23. The van der Waals surface area contributed by atoms with E-state index in [1.165, 1.54) is 25.7 Å². The fraction of sp³-hybridized carbons (Fsp3) is 0.938. The first kappa shape index (κ1) is 17.4. The minimum absolute atomic E-state index is 0.138. The van der Waals surface area contributed by atoms with Crippen LogP contribution in [0.3, 0.4) is 0 Å². The minimum Gasteiger partial charge on any atom is -0.380 e. The minimum atomic E-state index is -0.208. The molecule has 20 heavy (non-hydrogen) atoms. The molecule has 1 saturated heterocycles. The van der Waals surface area contributed by atoms with Gasteiger partial charge in [-0.2, -0.15) is 0 Å². The molecule has 0 bridgehead atoms. The maximum Gasteiger partial charge on any atom is 0.235 e. The molecule has 1 rings (SSSR count). The smallest absolute Gasteiger partial charge is 0.235 e. The second kappa shape index (κ2) is 7.99. The number of rotatable bonds is 10. The number of hydrogen-bond donors (Lipinski definition) is 1. The Morgan fingerprint density at radius 3 is 2.30 bits per heavy atom. The Labute approximate surface area is 124 Å². The van der Waals surface area contributed by atoms with E-state index < -0.39 is 0 Å². The van der Waals surface area contributed by atoms with Gasteiger partial charge in [0.15, 0.2) is 0 Å². The van der Waals surface area contributed by atoms with Crippen molar-refractivity contribution in [2.24, 2.45) is 17.1 Å². The van der Waals surface area contributed by atoms with Crippen LogP contribution in [-0.2, 0) is 9.53 Å². The molecule has 4 heteroatoms. The summed E-state index contributed by atoms with van der Waals surface area (Å²) in [5.41, 5.74) is 5.92. The number of unbranched alkanes of at least 4 members (excludes halogenated alkanes) is 3. The molecule has 1 aliphatic heterocycles. The van der Waals surface area contributed by atoms with Crippen molar-refractivity contribution in [1.29, 1.82) is 0 Å². The summed E-state index contributed by atoms with van der Waals surface area (Å²) >= 11 is 0. The highest BCUT2D eigenvalue weighted by Crippen LogP contribution is 2.32. The highest BCUT2D eigenvalue weighted by molar-refractivity contribution is 5.80. The lowest BCUT2D eigenvalue weighted by Crippen LogP contribution is -2.46. The van der Waals surface area contributed by atoms with Gasteiger partial charge in [0, 0.05) is 5.41 Å². The van der Waals surface area contributed by atoms with E-state index in [1.807, 2.05) is 20.9 Å². The van der Waals surface area contributed by atoms with Gasteiger partial charge in [0.25, 0.3) is 0 Å². The van der Waals surface area contributed by atoms with Crippen molar-refractivity contribution in [3.05, 3.63) is 0 Å². The molecule has 118 valence electrons. The van der Waals surface area contributed by atoms with Crippen LogP contribution in [0.4, 0.5) is 0 Å². The molecule has 1 atom stereocenters. The Bertz CT molecular complexity index is 301. The van der Waals surface area contributed by atoms with E-state index in [0.29, 0.717) is 5.41 Å². The lowest BCUT2D eigenvalue weighted by molar-refractivity contribution is -0.124. The Hall–Kier alpha value is -0.610. The van der Waals surface area contributed by atoms with Crippen LogP contribution in [-0.4, -0.2) is 43.7 Å². The number of carbonyl (C=O) groups excluding carboxylic acids is 1. The zero-order valence-electron chi connectivity index (χ0n) is 13.7. The summed E-state index contributed by atoms with van der Waals surface area (Å²) in [4.78, 5) is 13.5. The summed E-state index contributed by atoms with van der Waals surface area (Å²) in [5, 5.41) is 0. The maximum atomic E-state index is 11.4. The molecule has 0 aliphatic carbocycles. The monoisotopic (exact) mass is 284 g/mol. The van der Waals surface area contributed by atoms with Gasteiger partial charge in [-0.3, -0.25) is 9.69 Å². The number of nitrogens with zero attached hydrogens (tertiary/aromatic N) is 1. The quantitative estimate of drug-likeness (QED) is 0.627. The first-order valence-electron chi connectivity index (χ1n) is 7.93. The summed E-state index contributed by atoms with van der Waals surface area (Å²) in [6.07, 6.45) is 6.20. The fourth-order valence-corrected chi connectivity index (χ4v) is 3.06. The number of carbonyl (C=O) groups is 1. The van der Waals surface area contributed by atoms with Gasteiger partial charge in [-0.1, -0.05) is 40.0 Å². The summed E-state index contributed by atoms with van der Waals surface area (Å²) in [7, 11) is 2.00. The lowest BCUT2D eigenvalue weighted by Gasteiger charge is -2.38. The summed E-state index contributed by atoms with van der Waals surface area (Å²) in [6, 6.07) is -0.138. The van der Waals surface area contributed by atoms with E-state index in [2.05, 4.69) is 11.8 Å². The molecule has 1 aliphatic rings. The van der Waals surface area contributed by atoms with Gasteiger partial charge in [0.2, 0.25) is 5.91 Å². The molecular formula is C16H32N2O2. The average Bonchev–Trinajstić information content (AvgIpc) is 2.30. The molecule has 0 aromatic rings. The molecule has 1 amide bonds. The van der Waals surface area contributed by atoms with Gasteiger partial charge in [0.1, 0.15) is 0 Å². The highest BCUT2D eigenvalue weighted by Gasteiger charge is 2.32.